The van der Waals surface area contributed by atoms with Crippen LogP contribution in [0.15, 0.2) is 36.4 Å². The van der Waals surface area contributed by atoms with E-state index in [2.05, 4.69) is 10.6 Å². The van der Waals surface area contributed by atoms with E-state index in [4.69, 9.17) is 18.9 Å². The van der Waals surface area contributed by atoms with Crippen LogP contribution in [0.1, 0.15) is 41.5 Å². The van der Waals surface area contributed by atoms with Gasteiger partial charge in [0.25, 0.3) is 11.8 Å². The minimum absolute atomic E-state index is 0.105. The normalized spacial score (nSPS) is 10.3. The molecule has 0 unspecified atom stereocenters. The largest absolute Gasteiger partial charge is 0.493 e. The summed E-state index contributed by atoms with van der Waals surface area (Å²) in [4.78, 5) is 39.0. The maximum atomic E-state index is 13.1. The summed E-state index contributed by atoms with van der Waals surface area (Å²) in [7, 11) is 5.57. The molecule has 2 amide bonds. The molecule has 10 heteroatoms. The SMILES string of the molecule is COC(=O)c1c(NC(=O)c2cc(OC)c(OC)c(OC)c2)sc(C(=O)Nc2ccccc2C)c1C. The van der Waals surface area contributed by atoms with Gasteiger partial charge in [-0.2, -0.15) is 0 Å². The topological polar surface area (TPSA) is 112 Å². The number of carbonyl (C=O) groups excluding carboxylic acids is 3. The lowest BCUT2D eigenvalue weighted by molar-refractivity contribution is 0.0601. The van der Waals surface area contributed by atoms with Crippen molar-refractivity contribution < 1.29 is 33.3 Å². The summed E-state index contributed by atoms with van der Waals surface area (Å²) in [6, 6.07) is 10.3. The van der Waals surface area contributed by atoms with Gasteiger partial charge >= 0.3 is 5.97 Å². The smallest absolute Gasteiger partial charge is 0.341 e. The van der Waals surface area contributed by atoms with Gasteiger partial charge in [-0.05, 0) is 43.2 Å². The Bertz CT molecular complexity index is 1260. The Hall–Kier alpha value is -4.05. The molecule has 0 spiro atoms. The second-order valence-electron chi connectivity index (χ2n) is 7.39. The fourth-order valence-corrected chi connectivity index (χ4v) is 4.53. The molecular weight excluding hydrogens is 472 g/mol. The molecule has 1 heterocycles. The number of nitrogens with one attached hydrogen (secondary N) is 2. The summed E-state index contributed by atoms with van der Waals surface area (Å²) < 4.78 is 20.8. The number of methoxy groups -OCH3 is 4. The van der Waals surface area contributed by atoms with Gasteiger partial charge in [0.1, 0.15) is 5.00 Å². The summed E-state index contributed by atoms with van der Waals surface area (Å²) >= 11 is 0.982. The molecule has 2 N–H and O–H groups in total. The van der Waals surface area contributed by atoms with E-state index in [-0.39, 0.29) is 21.0 Å². The molecule has 2 aromatic carbocycles. The molecule has 184 valence electrons. The van der Waals surface area contributed by atoms with Gasteiger partial charge in [-0.15, -0.1) is 11.3 Å². The van der Waals surface area contributed by atoms with Crippen molar-refractivity contribution in [3.63, 3.8) is 0 Å². The van der Waals surface area contributed by atoms with Crippen LogP contribution in [0.5, 0.6) is 17.2 Å². The van der Waals surface area contributed by atoms with Crippen molar-refractivity contribution >= 4 is 39.8 Å². The summed E-state index contributed by atoms with van der Waals surface area (Å²) in [5.41, 5.74) is 2.24. The van der Waals surface area contributed by atoms with Crippen LogP contribution in [-0.2, 0) is 4.74 Å². The number of hydrogen-bond acceptors (Lipinski definition) is 8. The maximum Gasteiger partial charge on any atom is 0.341 e. The van der Waals surface area contributed by atoms with Crippen molar-refractivity contribution in [1.82, 2.24) is 0 Å². The average molecular weight is 499 g/mol. The van der Waals surface area contributed by atoms with E-state index in [1.165, 1.54) is 40.6 Å². The molecule has 35 heavy (non-hydrogen) atoms. The van der Waals surface area contributed by atoms with Crippen molar-refractivity contribution in [2.75, 3.05) is 39.1 Å². The molecule has 3 rings (SSSR count). The van der Waals surface area contributed by atoms with E-state index in [9.17, 15) is 14.4 Å². The van der Waals surface area contributed by atoms with Gasteiger partial charge in [0.15, 0.2) is 11.5 Å². The molecule has 0 atom stereocenters. The van der Waals surface area contributed by atoms with Gasteiger partial charge in [0.2, 0.25) is 5.75 Å². The zero-order chi connectivity index (χ0) is 25.7. The van der Waals surface area contributed by atoms with E-state index in [0.717, 1.165) is 16.9 Å². The molecule has 0 bridgehead atoms. The van der Waals surface area contributed by atoms with Crippen LogP contribution in [0.3, 0.4) is 0 Å². The quantitative estimate of drug-likeness (QED) is 0.434. The number of hydrogen-bond donors (Lipinski definition) is 2. The lowest BCUT2D eigenvalue weighted by Crippen LogP contribution is -2.15. The molecule has 9 nitrogen and oxygen atoms in total. The average Bonchev–Trinajstić information content (AvgIpc) is 3.19. The third-order valence-electron chi connectivity index (χ3n) is 5.29. The first-order valence-corrected chi connectivity index (χ1v) is 11.3. The highest BCUT2D eigenvalue weighted by Gasteiger charge is 2.27. The van der Waals surface area contributed by atoms with Crippen molar-refractivity contribution in [1.29, 1.82) is 0 Å². The number of rotatable bonds is 8. The van der Waals surface area contributed by atoms with E-state index in [1.54, 1.807) is 13.0 Å². The van der Waals surface area contributed by atoms with Gasteiger partial charge in [0.05, 0.1) is 38.9 Å². The number of amides is 2. The molecule has 1 aromatic heterocycles. The Kier molecular flexibility index (Phi) is 7.98. The molecule has 0 radical (unpaired) electrons. The Labute approximate surface area is 207 Å². The first-order valence-electron chi connectivity index (χ1n) is 10.5. The number of thiophene rings is 1. The van der Waals surface area contributed by atoms with Gasteiger partial charge in [-0.3, -0.25) is 9.59 Å². The summed E-state index contributed by atoms with van der Waals surface area (Å²) in [6.45, 7) is 3.50. The van der Waals surface area contributed by atoms with Crippen LogP contribution in [0.25, 0.3) is 0 Å². The number of benzene rings is 2. The monoisotopic (exact) mass is 498 g/mol. The molecule has 0 fully saturated rings. The second-order valence-corrected chi connectivity index (χ2v) is 8.41. The summed E-state index contributed by atoms with van der Waals surface area (Å²) in [5, 5.41) is 5.76. The molecule has 0 saturated heterocycles. The van der Waals surface area contributed by atoms with Crippen molar-refractivity contribution in [3.05, 3.63) is 63.5 Å². The van der Waals surface area contributed by atoms with Crippen LogP contribution in [-0.4, -0.2) is 46.2 Å². The second kappa shape index (κ2) is 10.9. The fraction of sp³-hybridized carbons (Fsp3) is 0.240. The molecule has 0 saturated carbocycles. The zero-order valence-corrected chi connectivity index (χ0v) is 21.0. The third kappa shape index (κ3) is 5.22. The summed E-state index contributed by atoms with van der Waals surface area (Å²) in [5.74, 6) is -0.684. The van der Waals surface area contributed by atoms with E-state index >= 15 is 0 Å². The molecule has 3 aromatic rings. The van der Waals surface area contributed by atoms with Crippen LogP contribution >= 0.6 is 11.3 Å². The van der Waals surface area contributed by atoms with E-state index in [0.29, 0.717) is 28.5 Å². The molecule has 0 aliphatic rings. The predicted octanol–water partition coefficient (Wildman–Crippen LogP) is 4.68. The third-order valence-corrected chi connectivity index (χ3v) is 6.50. The van der Waals surface area contributed by atoms with Crippen molar-refractivity contribution in [3.8, 4) is 17.2 Å². The number of carbonyl (C=O) groups is 3. The molecular formula is C25H26N2O7S. The fourth-order valence-electron chi connectivity index (χ4n) is 3.45. The Morgan fingerprint density at radius 2 is 1.46 bits per heavy atom. The highest BCUT2D eigenvalue weighted by atomic mass is 32.1. The maximum absolute atomic E-state index is 13.1. The van der Waals surface area contributed by atoms with Gasteiger partial charge in [-0.1, -0.05) is 18.2 Å². The lowest BCUT2D eigenvalue weighted by atomic mass is 10.1. The zero-order valence-electron chi connectivity index (χ0n) is 20.2. The van der Waals surface area contributed by atoms with Crippen LogP contribution in [0.2, 0.25) is 0 Å². The Morgan fingerprint density at radius 1 is 0.829 bits per heavy atom. The van der Waals surface area contributed by atoms with Gasteiger partial charge < -0.3 is 29.6 Å². The van der Waals surface area contributed by atoms with Gasteiger partial charge in [0, 0.05) is 11.3 Å². The Balaban J connectivity index is 1.99. The van der Waals surface area contributed by atoms with E-state index in [1.807, 2.05) is 25.1 Å². The standard InChI is InChI=1S/C25H26N2O7S/c1-13-9-7-8-10-16(13)26-23(29)21-14(2)19(25(30)34-6)24(35-21)27-22(28)15-11-17(31-3)20(33-5)18(12-15)32-4/h7-12H,1-6H3,(H,26,29)(H,27,28). The summed E-state index contributed by atoms with van der Waals surface area (Å²) in [6.07, 6.45) is 0. The van der Waals surface area contributed by atoms with Gasteiger partial charge in [-0.25, -0.2) is 4.79 Å². The number of para-hydroxylation sites is 1. The molecule has 0 aliphatic heterocycles. The first-order chi connectivity index (χ1) is 16.7. The van der Waals surface area contributed by atoms with Crippen molar-refractivity contribution in [2.45, 2.75) is 13.8 Å². The van der Waals surface area contributed by atoms with Crippen LogP contribution in [0, 0.1) is 13.8 Å². The minimum Gasteiger partial charge on any atom is -0.493 e. The predicted molar refractivity (Wildman–Crippen MR) is 134 cm³/mol. The highest BCUT2D eigenvalue weighted by Crippen LogP contribution is 2.39. The number of aryl methyl sites for hydroxylation is 1. The van der Waals surface area contributed by atoms with E-state index < -0.39 is 17.8 Å². The number of anilines is 2. The number of ether oxygens (including phenoxy) is 4. The van der Waals surface area contributed by atoms with Crippen LogP contribution in [0.4, 0.5) is 10.7 Å². The first kappa shape index (κ1) is 25.6. The van der Waals surface area contributed by atoms with Crippen molar-refractivity contribution in [2.24, 2.45) is 0 Å². The highest BCUT2D eigenvalue weighted by molar-refractivity contribution is 7.19. The molecule has 0 aliphatic carbocycles. The number of esters is 1. The Morgan fingerprint density at radius 3 is 2.00 bits per heavy atom. The van der Waals surface area contributed by atoms with Crippen LogP contribution < -0.4 is 24.8 Å². The lowest BCUT2D eigenvalue weighted by Gasteiger charge is -2.14. The minimum atomic E-state index is -0.672.